The van der Waals surface area contributed by atoms with E-state index < -0.39 is 0 Å². The number of benzene rings is 1. The second-order valence-electron chi connectivity index (χ2n) is 10.0. The summed E-state index contributed by atoms with van der Waals surface area (Å²) in [5.74, 6) is 7.83. The maximum absolute atomic E-state index is 13.5. The quantitative estimate of drug-likeness (QED) is 0.191. The molecule has 1 amide bonds. The van der Waals surface area contributed by atoms with Crippen molar-refractivity contribution in [2.24, 2.45) is 16.3 Å². The summed E-state index contributed by atoms with van der Waals surface area (Å²) in [7, 11) is 1.80. The molecule has 0 radical (unpaired) electrons. The lowest BCUT2D eigenvalue weighted by atomic mass is 9.57. The third-order valence-corrected chi connectivity index (χ3v) is 8.09. The van der Waals surface area contributed by atoms with E-state index in [-0.39, 0.29) is 17.4 Å². The molecule has 1 aromatic heterocycles. The Morgan fingerprint density at radius 1 is 1.33 bits per heavy atom. The third-order valence-electron chi connectivity index (χ3n) is 8.09. The lowest BCUT2D eigenvalue weighted by molar-refractivity contribution is -0.151. The van der Waals surface area contributed by atoms with E-state index in [0.717, 1.165) is 31.5 Å². The van der Waals surface area contributed by atoms with Gasteiger partial charge in [0.25, 0.3) is 0 Å². The predicted octanol–water partition coefficient (Wildman–Crippen LogP) is 4.99. The fraction of sp³-hybridized carbons (Fsp3) is 0.556. The topological polar surface area (TPSA) is 86.5 Å². The third kappa shape index (κ3) is 3.99. The van der Waals surface area contributed by atoms with E-state index in [0.29, 0.717) is 24.3 Å². The average molecular weight is 450 g/mol. The Morgan fingerprint density at radius 2 is 2.06 bits per heavy atom. The van der Waals surface area contributed by atoms with E-state index in [9.17, 15) is 4.79 Å². The minimum Gasteiger partial charge on any atom is -0.361 e. The fourth-order valence-corrected chi connectivity index (χ4v) is 6.39. The van der Waals surface area contributed by atoms with Gasteiger partial charge < -0.3 is 15.3 Å². The number of aromatic nitrogens is 1. The van der Waals surface area contributed by atoms with Gasteiger partial charge in [-0.05, 0) is 67.6 Å². The summed E-state index contributed by atoms with van der Waals surface area (Å²) in [5.41, 5.74) is 6.81. The molecule has 0 spiro atoms. The van der Waals surface area contributed by atoms with Gasteiger partial charge in [0.2, 0.25) is 5.91 Å². The number of amidine groups is 1. The van der Waals surface area contributed by atoms with Crippen molar-refractivity contribution in [2.45, 2.75) is 82.7 Å². The molecule has 2 aliphatic heterocycles. The lowest BCUT2D eigenvalue weighted by Crippen LogP contribution is -2.68. The van der Waals surface area contributed by atoms with Gasteiger partial charge in [0.1, 0.15) is 5.84 Å². The Kier molecular flexibility index (Phi) is 6.66. The van der Waals surface area contributed by atoms with Crippen molar-refractivity contribution in [1.29, 1.82) is 0 Å². The number of carbonyl (C=O) groups excluding carboxylic acids is 1. The highest BCUT2D eigenvalue weighted by molar-refractivity contribution is 5.91. The first-order valence-electron chi connectivity index (χ1n) is 12.4. The van der Waals surface area contributed by atoms with Gasteiger partial charge in [-0.3, -0.25) is 9.79 Å². The minimum atomic E-state index is 0.0350. The van der Waals surface area contributed by atoms with E-state index in [1.54, 1.807) is 7.05 Å². The van der Waals surface area contributed by atoms with E-state index in [1.807, 2.05) is 0 Å². The molecule has 178 valence electrons. The van der Waals surface area contributed by atoms with Crippen LogP contribution in [0.25, 0.3) is 10.9 Å². The molecule has 6 heteroatoms. The van der Waals surface area contributed by atoms with Crippen LogP contribution in [0, 0.1) is 5.41 Å². The number of hydrogen-bond acceptors (Lipinski definition) is 3. The van der Waals surface area contributed by atoms with Crippen molar-refractivity contribution in [1.82, 2.24) is 15.3 Å². The second kappa shape index (κ2) is 9.34. The SMILES string of the molecule is C=C.CCC1CC2(C(=NC)NN)CC(C2)N1C(=O)CC(C)c1c[nH]c2cccc(C3CC3)c12. The minimum absolute atomic E-state index is 0.0350. The average Bonchev–Trinajstić information content (AvgIpc) is 3.57. The first-order valence-corrected chi connectivity index (χ1v) is 12.4. The van der Waals surface area contributed by atoms with Crippen molar-refractivity contribution < 1.29 is 4.79 Å². The normalized spacial score (nSPS) is 27.4. The molecule has 2 aromatic rings. The summed E-state index contributed by atoms with van der Waals surface area (Å²) >= 11 is 0. The van der Waals surface area contributed by atoms with Crippen LogP contribution in [0.2, 0.25) is 0 Å². The number of hydrazine groups is 1. The number of H-pyrrole nitrogens is 1. The number of fused-ring (bicyclic) bond motifs is 3. The predicted molar refractivity (Wildman–Crippen MR) is 136 cm³/mol. The number of aromatic amines is 1. The number of aliphatic imine (C=N–C) groups is 1. The molecule has 4 fully saturated rings. The maximum Gasteiger partial charge on any atom is 0.223 e. The molecule has 2 atom stereocenters. The Bertz CT molecular complexity index is 1030. The monoisotopic (exact) mass is 449 g/mol. The summed E-state index contributed by atoms with van der Waals surface area (Å²) < 4.78 is 0. The molecule has 2 saturated heterocycles. The fourth-order valence-electron chi connectivity index (χ4n) is 6.39. The number of piperidine rings is 2. The number of nitrogens with two attached hydrogens (primary N) is 1. The number of amides is 1. The number of rotatable bonds is 6. The van der Waals surface area contributed by atoms with Crippen LogP contribution in [0.5, 0.6) is 0 Å². The van der Waals surface area contributed by atoms with Crippen molar-refractivity contribution in [3.63, 3.8) is 0 Å². The smallest absolute Gasteiger partial charge is 0.223 e. The van der Waals surface area contributed by atoms with Gasteiger partial charge in [-0.1, -0.05) is 26.0 Å². The largest absolute Gasteiger partial charge is 0.361 e. The molecular weight excluding hydrogens is 410 g/mol. The zero-order valence-corrected chi connectivity index (χ0v) is 20.4. The Labute approximate surface area is 197 Å². The molecule has 4 N–H and O–H groups in total. The highest BCUT2D eigenvalue weighted by atomic mass is 16.2. The highest BCUT2D eigenvalue weighted by Gasteiger charge is 2.57. The van der Waals surface area contributed by atoms with Gasteiger partial charge in [-0.2, -0.15) is 0 Å². The van der Waals surface area contributed by atoms with Crippen molar-refractivity contribution >= 4 is 22.6 Å². The lowest BCUT2D eigenvalue weighted by Gasteiger charge is -2.60. The van der Waals surface area contributed by atoms with Gasteiger partial charge in [-0.25, -0.2) is 5.84 Å². The van der Waals surface area contributed by atoms with Crippen LogP contribution in [-0.4, -0.2) is 40.8 Å². The second-order valence-corrected chi connectivity index (χ2v) is 10.0. The number of hydrogen-bond donors (Lipinski definition) is 3. The van der Waals surface area contributed by atoms with Gasteiger partial charge in [-0.15, -0.1) is 13.2 Å². The maximum atomic E-state index is 13.5. The van der Waals surface area contributed by atoms with Crippen LogP contribution < -0.4 is 11.3 Å². The van der Waals surface area contributed by atoms with E-state index in [2.05, 4.69) is 71.7 Å². The van der Waals surface area contributed by atoms with Crippen LogP contribution in [0.15, 0.2) is 42.5 Å². The zero-order valence-electron chi connectivity index (χ0n) is 20.4. The first-order chi connectivity index (χ1) is 16.0. The zero-order chi connectivity index (χ0) is 23.8. The number of nitrogens with zero attached hydrogens (tertiary/aromatic N) is 2. The molecular formula is C27H39N5O. The van der Waals surface area contributed by atoms with Crippen LogP contribution in [-0.2, 0) is 4.79 Å². The molecule has 2 aliphatic carbocycles. The van der Waals surface area contributed by atoms with Crippen LogP contribution in [0.1, 0.15) is 81.8 Å². The standard InChI is InChI=1S/C25H35N5O.C2H4/c1-4-17-11-25(24(27-3)29-26)12-18(13-25)30(17)22(31)10-15(2)20-14-28-21-7-5-6-19(23(20)21)16-8-9-16;1-2/h5-7,14-18,28H,4,8-13,26H2,1-3H3,(H,27,29);1-2H2. The summed E-state index contributed by atoms with van der Waals surface area (Å²) in [6.07, 6.45) is 9.14. The molecule has 3 heterocycles. The Hall–Kier alpha value is -2.60. The van der Waals surface area contributed by atoms with E-state index in [1.165, 1.54) is 34.9 Å². The summed E-state index contributed by atoms with van der Waals surface area (Å²) in [4.78, 5) is 23.6. The summed E-state index contributed by atoms with van der Waals surface area (Å²) in [6, 6.07) is 7.16. The molecule has 33 heavy (non-hydrogen) atoms. The van der Waals surface area contributed by atoms with Crippen molar-refractivity contribution in [3.05, 3.63) is 48.7 Å². The molecule has 2 bridgehead atoms. The van der Waals surface area contributed by atoms with Crippen molar-refractivity contribution in [3.8, 4) is 0 Å². The Balaban J connectivity index is 0.00000126. The Morgan fingerprint density at radius 3 is 2.67 bits per heavy atom. The van der Waals surface area contributed by atoms with Gasteiger partial charge >= 0.3 is 0 Å². The van der Waals surface area contributed by atoms with Gasteiger partial charge in [0.15, 0.2) is 0 Å². The first kappa shape index (κ1) is 23.6. The van der Waals surface area contributed by atoms with Crippen molar-refractivity contribution in [2.75, 3.05) is 7.05 Å². The summed E-state index contributed by atoms with van der Waals surface area (Å²) in [5, 5.41) is 1.36. The number of nitrogens with one attached hydrogen (secondary N) is 2. The highest BCUT2D eigenvalue weighted by Crippen LogP contribution is 2.54. The van der Waals surface area contributed by atoms with Gasteiger partial charge in [0.05, 0.1) is 0 Å². The molecule has 1 aromatic carbocycles. The molecule has 2 unspecified atom stereocenters. The number of carbonyl (C=O) groups is 1. The van der Waals surface area contributed by atoms with Gasteiger partial charge in [0, 0.05) is 48.1 Å². The summed E-state index contributed by atoms with van der Waals surface area (Å²) in [6.45, 7) is 10.4. The molecule has 6 rings (SSSR count). The van der Waals surface area contributed by atoms with Crippen LogP contribution in [0.4, 0.5) is 0 Å². The molecule has 6 nitrogen and oxygen atoms in total. The van der Waals surface area contributed by atoms with E-state index in [4.69, 9.17) is 5.84 Å². The van der Waals surface area contributed by atoms with Crippen LogP contribution in [0.3, 0.4) is 0 Å². The van der Waals surface area contributed by atoms with E-state index >= 15 is 0 Å². The van der Waals surface area contributed by atoms with Crippen LogP contribution >= 0.6 is 0 Å². The molecule has 4 aliphatic rings. The molecule has 2 saturated carbocycles.